The molecule has 1 saturated carbocycles. The summed E-state index contributed by atoms with van der Waals surface area (Å²) in [7, 11) is 1.29. The van der Waals surface area contributed by atoms with Crippen LogP contribution in [0.5, 0.6) is 11.5 Å². The van der Waals surface area contributed by atoms with Gasteiger partial charge in [0, 0.05) is 18.8 Å². The van der Waals surface area contributed by atoms with Gasteiger partial charge in [-0.25, -0.2) is 4.79 Å². The SMILES string of the molecule is COC(=O)c1ccc(OC(=O)CCC/C=C/CC2C(=O)CC(O)C2OCC(O)COc2ccccc2)cc1. The zero-order valence-corrected chi connectivity index (χ0v) is 21.4. The van der Waals surface area contributed by atoms with E-state index in [0.29, 0.717) is 36.3 Å². The van der Waals surface area contributed by atoms with Gasteiger partial charge in [-0.3, -0.25) is 9.59 Å². The summed E-state index contributed by atoms with van der Waals surface area (Å²) in [5, 5.41) is 20.4. The van der Waals surface area contributed by atoms with Gasteiger partial charge in [-0.1, -0.05) is 30.4 Å². The Labute approximate surface area is 222 Å². The van der Waals surface area contributed by atoms with Crippen LogP contribution in [0.2, 0.25) is 0 Å². The molecule has 0 aliphatic heterocycles. The van der Waals surface area contributed by atoms with E-state index in [1.54, 1.807) is 12.1 Å². The van der Waals surface area contributed by atoms with Crippen molar-refractivity contribution in [3.63, 3.8) is 0 Å². The maximum absolute atomic E-state index is 12.4. The van der Waals surface area contributed by atoms with Crippen LogP contribution >= 0.6 is 0 Å². The van der Waals surface area contributed by atoms with E-state index in [2.05, 4.69) is 4.74 Å². The van der Waals surface area contributed by atoms with Crippen molar-refractivity contribution in [2.45, 2.75) is 50.4 Å². The Kier molecular flexibility index (Phi) is 11.5. The van der Waals surface area contributed by atoms with E-state index in [1.165, 1.54) is 31.4 Å². The number of hydrogen-bond donors (Lipinski definition) is 2. The fourth-order valence-corrected chi connectivity index (χ4v) is 4.08. The molecule has 204 valence electrons. The molecule has 0 radical (unpaired) electrons. The lowest BCUT2D eigenvalue weighted by Crippen LogP contribution is -2.34. The molecule has 0 amide bonds. The lowest BCUT2D eigenvalue weighted by molar-refractivity contribution is -0.134. The molecule has 2 aromatic rings. The van der Waals surface area contributed by atoms with Gasteiger partial charge in [-0.15, -0.1) is 0 Å². The third kappa shape index (κ3) is 9.09. The Hall–Kier alpha value is -3.53. The summed E-state index contributed by atoms with van der Waals surface area (Å²) >= 11 is 0. The van der Waals surface area contributed by atoms with Crippen molar-refractivity contribution >= 4 is 17.7 Å². The van der Waals surface area contributed by atoms with Gasteiger partial charge in [0.05, 0.1) is 31.5 Å². The third-order valence-electron chi connectivity index (χ3n) is 6.08. The summed E-state index contributed by atoms with van der Waals surface area (Å²) in [6, 6.07) is 15.2. The molecule has 4 unspecified atom stereocenters. The zero-order valence-electron chi connectivity index (χ0n) is 21.4. The van der Waals surface area contributed by atoms with Crippen LogP contribution in [0.15, 0.2) is 66.7 Å². The number of aliphatic hydroxyl groups is 2. The van der Waals surface area contributed by atoms with Crippen molar-refractivity contribution in [1.29, 1.82) is 0 Å². The highest BCUT2D eigenvalue weighted by Crippen LogP contribution is 2.29. The van der Waals surface area contributed by atoms with Gasteiger partial charge in [0.25, 0.3) is 0 Å². The molecule has 4 atom stereocenters. The van der Waals surface area contributed by atoms with Crippen LogP contribution < -0.4 is 9.47 Å². The second-order valence-corrected chi connectivity index (χ2v) is 9.01. The number of benzene rings is 2. The number of ketones is 1. The van der Waals surface area contributed by atoms with Gasteiger partial charge < -0.3 is 29.2 Å². The summed E-state index contributed by atoms with van der Waals surface area (Å²) in [4.78, 5) is 35.9. The minimum atomic E-state index is -0.917. The number of Topliss-reactive ketones (excluding diaryl/α,β-unsaturated/α-hetero) is 1. The lowest BCUT2D eigenvalue weighted by atomic mass is 9.99. The first-order valence-electron chi connectivity index (χ1n) is 12.6. The van der Waals surface area contributed by atoms with Gasteiger partial charge >= 0.3 is 11.9 Å². The Morgan fingerprint density at radius 3 is 2.47 bits per heavy atom. The molecule has 1 aliphatic rings. The number of ether oxygens (including phenoxy) is 4. The molecule has 1 aliphatic carbocycles. The lowest BCUT2D eigenvalue weighted by Gasteiger charge is -2.22. The predicted molar refractivity (Wildman–Crippen MR) is 138 cm³/mol. The molecule has 9 nitrogen and oxygen atoms in total. The maximum Gasteiger partial charge on any atom is 0.337 e. The quantitative estimate of drug-likeness (QED) is 0.165. The van der Waals surface area contributed by atoms with Crippen LogP contribution in [0, 0.1) is 5.92 Å². The number of carbonyl (C=O) groups is 3. The van der Waals surface area contributed by atoms with Crippen molar-refractivity contribution in [2.75, 3.05) is 20.3 Å². The molecule has 9 heteroatoms. The number of hydrogen-bond acceptors (Lipinski definition) is 9. The molecule has 2 aromatic carbocycles. The summed E-state index contributed by atoms with van der Waals surface area (Å²) in [6.07, 6.45) is 3.02. The molecular formula is C29H34O9. The number of methoxy groups -OCH3 is 1. The van der Waals surface area contributed by atoms with E-state index in [4.69, 9.17) is 14.2 Å². The second-order valence-electron chi connectivity index (χ2n) is 9.01. The third-order valence-corrected chi connectivity index (χ3v) is 6.08. The van der Waals surface area contributed by atoms with E-state index >= 15 is 0 Å². The van der Waals surface area contributed by atoms with Crippen molar-refractivity contribution in [3.05, 3.63) is 72.3 Å². The topological polar surface area (TPSA) is 129 Å². The minimum absolute atomic E-state index is 0.0201. The number of para-hydroxylation sites is 1. The van der Waals surface area contributed by atoms with Crippen LogP contribution in [0.4, 0.5) is 0 Å². The van der Waals surface area contributed by atoms with Crippen molar-refractivity contribution in [2.24, 2.45) is 5.92 Å². The Morgan fingerprint density at radius 2 is 1.76 bits per heavy atom. The van der Waals surface area contributed by atoms with Crippen molar-refractivity contribution in [3.8, 4) is 11.5 Å². The summed E-state index contributed by atoms with van der Waals surface area (Å²) in [5.41, 5.74) is 0.367. The zero-order chi connectivity index (χ0) is 27.3. The molecule has 0 aromatic heterocycles. The number of aliphatic hydroxyl groups excluding tert-OH is 2. The van der Waals surface area contributed by atoms with E-state index in [9.17, 15) is 24.6 Å². The smallest absolute Gasteiger partial charge is 0.337 e. The van der Waals surface area contributed by atoms with E-state index in [-0.39, 0.29) is 37.8 Å². The predicted octanol–water partition coefficient (Wildman–Crippen LogP) is 3.27. The van der Waals surface area contributed by atoms with Gasteiger partial charge in [0.15, 0.2) is 0 Å². The van der Waals surface area contributed by atoms with E-state index in [1.807, 2.05) is 30.4 Å². The molecule has 3 rings (SSSR count). The van der Waals surface area contributed by atoms with Crippen LogP contribution in [0.25, 0.3) is 0 Å². The van der Waals surface area contributed by atoms with Gasteiger partial charge in [-0.05, 0) is 55.7 Å². The highest BCUT2D eigenvalue weighted by molar-refractivity contribution is 5.89. The first-order valence-corrected chi connectivity index (χ1v) is 12.6. The molecule has 0 saturated heterocycles. The number of rotatable bonds is 14. The van der Waals surface area contributed by atoms with Gasteiger partial charge in [-0.2, -0.15) is 0 Å². The first kappa shape index (κ1) is 29.0. The largest absolute Gasteiger partial charge is 0.491 e. The average molecular weight is 527 g/mol. The molecule has 38 heavy (non-hydrogen) atoms. The van der Waals surface area contributed by atoms with Gasteiger partial charge in [0.2, 0.25) is 0 Å². The number of carbonyl (C=O) groups excluding carboxylic acids is 3. The van der Waals surface area contributed by atoms with Crippen LogP contribution in [0.3, 0.4) is 0 Å². The van der Waals surface area contributed by atoms with E-state index in [0.717, 1.165) is 0 Å². The normalized spacial score (nSPS) is 19.9. The molecule has 0 bridgehead atoms. The Morgan fingerprint density at radius 1 is 1.03 bits per heavy atom. The van der Waals surface area contributed by atoms with E-state index < -0.39 is 30.2 Å². The Balaban J connectivity index is 1.35. The minimum Gasteiger partial charge on any atom is -0.491 e. The number of allylic oxidation sites excluding steroid dienone is 2. The fourth-order valence-electron chi connectivity index (χ4n) is 4.08. The molecule has 2 N–H and O–H groups in total. The summed E-state index contributed by atoms with van der Waals surface area (Å²) in [6.45, 7) is -0.0256. The van der Waals surface area contributed by atoms with Crippen molar-refractivity contribution in [1.82, 2.24) is 0 Å². The molecule has 0 heterocycles. The monoisotopic (exact) mass is 526 g/mol. The maximum atomic E-state index is 12.4. The fraction of sp³-hybridized carbons (Fsp3) is 0.414. The van der Waals surface area contributed by atoms with Crippen LogP contribution in [-0.4, -0.2) is 66.6 Å². The highest BCUT2D eigenvalue weighted by Gasteiger charge is 2.41. The van der Waals surface area contributed by atoms with Gasteiger partial charge in [0.1, 0.15) is 30.0 Å². The van der Waals surface area contributed by atoms with Crippen LogP contribution in [-0.2, 0) is 19.1 Å². The molecule has 0 spiro atoms. The summed E-state index contributed by atoms with van der Waals surface area (Å²) in [5.74, 6) is -0.452. The number of unbranched alkanes of at least 4 members (excludes halogenated alkanes) is 1. The highest BCUT2D eigenvalue weighted by atomic mass is 16.5. The first-order chi connectivity index (χ1) is 18.4. The van der Waals surface area contributed by atoms with Crippen molar-refractivity contribution < 1.29 is 43.5 Å². The Bertz CT molecular complexity index is 1070. The average Bonchev–Trinajstić information content (AvgIpc) is 3.20. The number of esters is 2. The van der Waals surface area contributed by atoms with Crippen LogP contribution in [0.1, 0.15) is 42.5 Å². The second kappa shape index (κ2) is 15.0. The standard InChI is InChI=1S/C29H34O9/c1-35-29(34)20-13-15-23(16-14-20)38-27(33)12-8-3-2-7-11-24-25(31)17-26(32)28(24)37-19-21(30)18-36-22-9-5-4-6-10-22/h2,4-7,9-10,13-16,21,24,26,28,30,32H,3,8,11-12,17-19H2,1H3/b7-2+. The molecule has 1 fully saturated rings. The molecular weight excluding hydrogens is 492 g/mol. The summed E-state index contributed by atoms with van der Waals surface area (Å²) < 4.78 is 21.1.